The second kappa shape index (κ2) is 12.4. The Morgan fingerprint density at radius 2 is 1.87 bits per heavy atom. The van der Waals surface area contributed by atoms with E-state index in [9.17, 15) is 4.79 Å². The molecule has 2 aromatic rings. The first kappa shape index (κ1) is 24.8. The molecule has 172 valence electrons. The molecule has 8 heteroatoms. The van der Waals surface area contributed by atoms with Crippen LogP contribution in [0, 0.1) is 12.8 Å². The first-order valence-corrected chi connectivity index (χ1v) is 11.5. The number of hydrogen-bond donors (Lipinski definition) is 0. The Morgan fingerprint density at radius 3 is 2.29 bits per heavy atom. The highest BCUT2D eigenvalue weighted by Crippen LogP contribution is 2.20. The van der Waals surface area contributed by atoms with Crippen molar-refractivity contribution in [2.24, 2.45) is 5.92 Å². The van der Waals surface area contributed by atoms with E-state index >= 15 is 0 Å². The Kier molecular flexibility index (Phi) is 9.88. The number of rotatable bonds is 8. The lowest BCUT2D eigenvalue weighted by Crippen LogP contribution is -2.37. The molecule has 0 radical (unpaired) electrons. The minimum Gasteiger partial charge on any atom is -0.341 e. The topological polar surface area (TPSA) is 88.3 Å². The summed E-state index contributed by atoms with van der Waals surface area (Å²) in [4.78, 5) is 29.5. The zero-order valence-corrected chi connectivity index (χ0v) is 20.0. The van der Waals surface area contributed by atoms with Crippen LogP contribution in [0.15, 0.2) is 16.9 Å². The van der Waals surface area contributed by atoms with Gasteiger partial charge in [-0.25, -0.2) is 9.97 Å². The fourth-order valence-electron chi connectivity index (χ4n) is 3.76. The summed E-state index contributed by atoms with van der Waals surface area (Å²) in [6.45, 7) is 12.3. The monoisotopic (exact) mass is 430 g/mol. The van der Waals surface area contributed by atoms with Crippen LogP contribution in [0.5, 0.6) is 0 Å². The van der Waals surface area contributed by atoms with E-state index in [0.717, 1.165) is 57.0 Å². The van der Waals surface area contributed by atoms with Crippen molar-refractivity contribution in [2.75, 3.05) is 25.0 Å². The number of aromatic nitrogens is 4. The molecule has 0 saturated carbocycles. The molecule has 3 heterocycles. The zero-order valence-electron chi connectivity index (χ0n) is 20.0. The number of nitrogens with zero attached hydrogens (tertiary/aromatic N) is 6. The fraction of sp³-hybridized carbons (Fsp3) is 0.696. The van der Waals surface area contributed by atoms with Gasteiger partial charge in [-0.05, 0) is 25.2 Å². The highest BCUT2D eigenvalue weighted by molar-refractivity contribution is 5.93. The number of hydrogen-bond acceptors (Lipinski definition) is 7. The van der Waals surface area contributed by atoms with Gasteiger partial charge in [-0.2, -0.15) is 4.98 Å². The van der Waals surface area contributed by atoms with E-state index in [1.165, 1.54) is 6.42 Å². The smallest absolute Gasteiger partial charge is 0.256 e. The molecular weight excluding hydrogens is 392 g/mol. The van der Waals surface area contributed by atoms with Crippen LogP contribution in [-0.2, 0) is 6.42 Å². The normalized spacial score (nSPS) is 15.7. The van der Waals surface area contributed by atoms with Gasteiger partial charge in [-0.3, -0.25) is 4.79 Å². The quantitative estimate of drug-likeness (QED) is 0.617. The Balaban J connectivity index is 0.000000357. The van der Waals surface area contributed by atoms with Gasteiger partial charge in [0.1, 0.15) is 0 Å². The van der Waals surface area contributed by atoms with Crippen molar-refractivity contribution >= 4 is 11.9 Å². The predicted octanol–water partition coefficient (Wildman–Crippen LogP) is 4.30. The van der Waals surface area contributed by atoms with Crippen LogP contribution >= 0.6 is 0 Å². The van der Waals surface area contributed by atoms with E-state index in [2.05, 4.69) is 45.8 Å². The average Bonchev–Trinajstić information content (AvgIpc) is 3.41. The van der Waals surface area contributed by atoms with Gasteiger partial charge in [-0.15, -0.1) is 0 Å². The Bertz CT molecular complexity index is 786. The summed E-state index contributed by atoms with van der Waals surface area (Å²) in [5, 5.41) is 3.65. The first-order chi connectivity index (χ1) is 14.9. The van der Waals surface area contributed by atoms with Crippen molar-refractivity contribution in [1.29, 1.82) is 0 Å². The van der Waals surface area contributed by atoms with Gasteiger partial charge < -0.3 is 14.3 Å². The maximum absolute atomic E-state index is 12.7. The summed E-state index contributed by atoms with van der Waals surface area (Å²) >= 11 is 0. The van der Waals surface area contributed by atoms with Gasteiger partial charge in [0.05, 0.1) is 5.56 Å². The summed E-state index contributed by atoms with van der Waals surface area (Å²) < 4.78 is 4.69. The van der Waals surface area contributed by atoms with Crippen LogP contribution in [0.4, 0.5) is 5.95 Å². The van der Waals surface area contributed by atoms with Crippen molar-refractivity contribution in [2.45, 2.75) is 79.2 Å². The summed E-state index contributed by atoms with van der Waals surface area (Å²) in [7, 11) is 1.90. The molecule has 1 atom stereocenters. The summed E-state index contributed by atoms with van der Waals surface area (Å²) in [5.74, 6) is 2.88. The Morgan fingerprint density at radius 1 is 1.23 bits per heavy atom. The van der Waals surface area contributed by atoms with Gasteiger partial charge in [0, 0.05) is 51.9 Å². The maximum Gasteiger partial charge on any atom is 0.256 e. The fourth-order valence-corrected chi connectivity index (χ4v) is 3.76. The van der Waals surface area contributed by atoms with Crippen LogP contribution in [0.2, 0.25) is 0 Å². The standard InChI is InChI=1S/C18H30N4O.C5H8N2O/c1-5-7-16(8-6-2)21(4)17(23)15-11-19-18(20-12-15)22-10-9-14(3)13-22;1-3-5-6-4(2)8-7-5/h11-12,14,16H,5-10,13H2,1-4H3;3H2,1-2H3/t14-;/m1./s1. The van der Waals surface area contributed by atoms with Gasteiger partial charge in [0.25, 0.3) is 5.91 Å². The SMILES string of the molecule is CCCC(CCC)N(C)C(=O)c1cnc(N2CC[C@@H](C)C2)nc1.CCc1noc(C)n1. The Hall–Kier alpha value is -2.51. The third-order valence-electron chi connectivity index (χ3n) is 5.59. The molecule has 0 spiro atoms. The minimum absolute atomic E-state index is 0.0261. The van der Waals surface area contributed by atoms with Crippen molar-refractivity contribution in [3.05, 3.63) is 29.7 Å². The summed E-state index contributed by atoms with van der Waals surface area (Å²) in [5.41, 5.74) is 0.584. The molecule has 1 aliphatic heterocycles. The van der Waals surface area contributed by atoms with E-state index in [4.69, 9.17) is 4.52 Å². The first-order valence-electron chi connectivity index (χ1n) is 11.5. The largest absolute Gasteiger partial charge is 0.341 e. The van der Waals surface area contributed by atoms with Crippen LogP contribution in [-0.4, -0.2) is 57.1 Å². The molecule has 1 aliphatic rings. The average molecular weight is 431 g/mol. The third-order valence-corrected chi connectivity index (χ3v) is 5.59. The molecule has 1 saturated heterocycles. The lowest BCUT2D eigenvalue weighted by atomic mass is 10.0. The second-order valence-electron chi connectivity index (χ2n) is 8.34. The van der Waals surface area contributed by atoms with E-state index in [0.29, 0.717) is 23.4 Å². The molecule has 2 aromatic heterocycles. The predicted molar refractivity (Wildman–Crippen MR) is 122 cm³/mol. The molecule has 1 fully saturated rings. The van der Waals surface area contributed by atoms with E-state index in [1.807, 2.05) is 18.9 Å². The highest BCUT2D eigenvalue weighted by Gasteiger charge is 2.23. The molecule has 0 aromatic carbocycles. The van der Waals surface area contributed by atoms with Crippen LogP contribution < -0.4 is 4.90 Å². The Labute approximate surface area is 186 Å². The van der Waals surface area contributed by atoms with Crippen molar-refractivity contribution in [3.63, 3.8) is 0 Å². The van der Waals surface area contributed by atoms with Crippen LogP contribution in [0.1, 0.15) is 81.9 Å². The molecule has 0 bridgehead atoms. The molecule has 8 nitrogen and oxygen atoms in total. The van der Waals surface area contributed by atoms with Crippen molar-refractivity contribution in [1.82, 2.24) is 25.0 Å². The second-order valence-corrected chi connectivity index (χ2v) is 8.34. The number of carbonyl (C=O) groups excluding carboxylic acids is 1. The molecule has 31 heavy (non-hydrogen) atoms. The number of anilines is 1. The number of aryl methyl sites for hydroxylation is 2. The van der Waals surface area contributed by atoms with Gasteiger partial charge in [0.2, 0.25) is 11.8 Å². The lowest BCUT2D eigenvalue weighted by molar-refractivity contribution is 0.0713. The molecule has 0 N–H and O–H groups in total. The van der Waals surface area contributed by atoms with E-state index in [-0.39, 0.29) is 5.91 Å². The van der Waals surface area contributed by atoms with Gasteiger partial charge >= 0.3 is 0 Å². The number of carbonyl (C=O) groups is 1. The lowest BCUT2D eigenvalue weighted by Gasteiger charge is -2.28. The molecule has 1 amide bonds. The van der Waals surface area contributed by atoms with Crippen LogP contribution in [0.3, 0.4) is 0 Å². The molecule has 3 rings (SSSR count). The summed E-state index contributed by atoms with van der Waals surface area (Å²) in [6, 6.07) is 0.302. The third kappa shape index (κ3) is 7.29. The van der Waals surface area contributed by atoms with Crippen molar-refractivity contribution < 1.29 is 9.32 Å². The van der Waals surface area contributed by atoms with Gasteiger partial charge in [-0.1, -0.05) is 45.7 Å². The van der Waals surface area contributed by atoms with E-state index < -0.39 is 0 Å². The minimum atomic E-state index is 0.0261. The van der Waals surface area contributed by atoms with Crippen LogP contribution in [0.25, 0.3) is 0 Å². The molecule has 0 unspecified atom stereocenters. The van der Waals surface area contributed by atoms with Crippen molar-refractivity contribution in [3.8, 4) is 0 Å². The van der Waals surface area contributed by atoms with Gasteiger partial charge in [0.15, 0.2) is 5.82 Å². The highest BCUT2D eigenvalue weighted by atomic mass is 16.5. The summed E-state index contributed by atoms with van der Waals surface area (Å²) in [6.07, 6.45) is 9.65. The number of amides is 1. The molecule has 0 aliphatic carbocycles. The zero-order chi connectivity index (χ0) is 22.8. The van der Waals surface area contributed by atoms with E-state index in [1.54, 1.807) is 19.3 Å². The maximum atomic E-state index is 12.7. The molecular formula is C23H38N6O2.